The van der Waals surface area contributed by atoms with Gasteiger partial charge in [0.05, 0.1) is 5.69 Å². The molecule has 21 heavy (non-hydrogen) atoms. The first-order valence-corrected chi connectivity index (χ1v) is 7.92. The standard InChI is InChI=1S/C13H17F3N2O2S/c1-8-3-4-9(2)12(11(8)17)21(19,20)18(10-5-6-10)7-13(14,15)16/h3-4,10H,5-7,17H2,1-2H3. The van der Waals surface area contributed by atoms with Crippen molar-refractivity contribution in [3.63, 3.8) is 0 Å². The molecule has 0 atom stereocenters. The monoisotopic (exact) mass is 322 g/mol. The van der Waals surface area contributed by atoms with Crippen LogP contribution < -0.4 is 5.73 Å². The lowest BCUT2D eigenvalue weighted by atomic mass is 10.1. The van der Waals surface area contributed by atoms with Crippen LogP contribution in [0.5, 0.6) is 0 Å². The van der Waals surface area contributed by atoms with Crippen molar-refractivity contribution < 1.29 is 21.6 Å². The van der Waals surface area contributed by atoms with Crippen molar-refractivity contribution in [3.05, 3.63) is 23.3 Å². The maximum absolute atomic E-state index is 12.7. The van der Waals surface area contributed by atoms with E-state index in [4.69, 9.17) is 5.73 Å². The van der Waals surface area contributed by atoms with Crippen molar-refractivity contribution in [3.8, 4) is 0 Å². The first-order chi connectivity index (χ1) is 9.54. The van der Waals surface area contributed by atoms with Gasteiger partial charge in [-0.2, -0.15) is 17.5 Å². The molecule has 4 nitrogen and oxygen atoms in total. The first kappa shape index (κ1) is 16.1. The normalized spacial score (nSPS) is 16.5. The molecule has 0 unspecified atom stereocenters. The van der Waals surface area contributed by atoms with Gasteiger partial charge in [0, 0.05) is 6.04 Å². The number of nitrogens with two attached hydrogens (primary N) is 1. The van der Waals surface area contributed by atoms with E-state index >= 15 is 0 Å². The Morgan fingerprint density at radius 1 is 1.24 bits per heavy atom. The summed E-state index contributed by atoms with van der Waals surface area (Å²) in [4.78, 5) is -0.210. The number of hydrogen-bond acceptors (Lipinski definition) is 3. The van der Waals surface area contributed by atoms with Crippen molar-refractivity contribution in [1.82, 2.24) is 4.31 Å². The molecule has 0 bridgehead atoms. The minimum absolute atomic E-state index is 0.0165. The maximum Gasteiger partial charge on any atom is 0.402 e. The summed E-state index contributed by atoms with van der Waals surface area (Å²) in [5, 5.41) is 0. The molecular formula is C13H17F3N2O2S. The van der Waals surface area contributed by atoms with E-state index in [-0.39, 0.29) is 10.6 Å². The summed E-state index contributed by atoms with van der Waals surface area (Å²) >= 11 is 0. The molecule has 1 aliphatic rings. The van der Waals surface area contributed by atoms with Gasteiger partial charge in [0.25, 0.3) is 0 Å². The van der Waals surface area contributed by atoms with Gasteiger partial charge in [0.15, 0.2) is 0 Å². The average molecular weight is 322 g/mol. The predicted octanol–water partition coefficient (Wildman–Crippen LogP) is 2.60. The van der Waals surface area contributed by atoms with Crippen LogP contribution in [0.3, 0.4) is 0 Å². The SMILES string of the molecule is Cc1ccc(C)c(S(=O)(=O)N(CC(F)(F)F)C2CC2)c1N. The molecule has 0 heterocycles. The first-order valence-electron chi connectivity index (χ1n) is 6.48. The third-order valence-electron chi connectivity index (χ3n) is 3.47. The van der Waals surface area contributed by atoms with Crippen LogP contribution in [0.4, 0.5) is 18.9 Å². The lowest BCUT2D eigenvalue weighted by molar-refractivity contribution is -0.137. The molecule has 0 amide bonds. The Bertz CT molecular complexity index is 652. The van der Waals surface area contributed by atoms with Gasteiger partial charge in [-0.3, -0.25) is 0 Å². The second kappa shape index (κ2) is 5.17. The number of aryl methyl sites for hydroxylation is 2. The zero-order chi connectivity index (χ0) is 16.0. The summed E-state index contributed by atoms with van der Waals surface area (Å²) in [5.74, 6) is 0. The molecule has 0 spiro atoms. The van der Waals surface area contributed by atoms with Crippen LogP contribution in [-0.2, 0) is 10.0 Å². The van der Waals surface area contributed by atoms with Gasteiger partial charge >= 0.3 is 6.18 Å². The van der Waals surface area contributed by atoms with E-state index in [0.29, 0.717) is 28.3 Å². The average Bonchev–Trinajstić information content (AvgIpc) is 3.14. The number of rotatable bonds is 4. The summed E-state index contributed by atoms with van der Waals surface area (Å²) < 4.78 is 63.8. The van der Waals surface area contributed by atoms with Crippen molar-refractivity contribution >= 4 is 15.7 Å². The zero-order valence-corrected chi connectivity index (χ0v) is 12.6. The van der Waals surface area contributed by atoms with Gasteiger partial charge < -0.3 is 5.73 Å². The fourth-order valence-electron chi connectivity index (χ4n) is 2.22. The fourth-order valence-corrected chi connectivity index (χ4v) is 4.28. The summed E-state index contributed by atoms with van der Waals surface area (Å²) in [7, 11) is -4.27. The van der Waals surface area contributed by atoms with Gasteiger partial charge in [0.2, 0.25) is 10.0 Å². The zero-order valence-electron chi connectivity index (χ0n) is 11.7. The lowest BCUT2D eigenvalue weighted by Gasteiger charge is -2.25. The summed E-state index contributed by atoms with van der Waals surface area (Å²) in [6, 6.07) is 2.61. The van der Waals surface area contributed by atoms with Crippen LogP contribution in [0.1, 0.15) is 24.0 Å². The highest BCUT2D eigenvalue weighted by atomic mass is 32.2. The molecule has 0 aliphatic heterocycles. The van der Waals surface area contributed by atoms with Gasteiger partial charge in [-0.1, -0.05) is 12.1 Å². The largest absolute Gasteiger partial charge is 0.402 e. The second-order valence-corrected chi connectivity index (χ2v) is 7.17. The van der Waals surface area contributed by atoms with Crippen LogP contribution in [0.2, 0.25) is 0 Å². The summed E-state index contributed by atoms with van der Waals surface area (Å²) in [5.41, 5.74) is 6.70. The number of sulfonamides is 1. The maximum atomic E-state index is 12.7. The number of benzene rings is 1. The van der Waals surface area contributed by atoms with Crippen LogP contribution in [0, 0.1) is 13.8 Å². The molecule has 0 radical (unpaired) electrons. The topological polar surface area (TPSA) is 63.4 Å². The molecule has 8 heteroatoms. The Morgan fingerprint density at radius 2 is 1.76 bits per heavy atom. The lowest BCUT2D eigenvalue weighted by Crippen LogP contribution is -2.41. The molecule has 1 aromatic carbocycles. The van der Waals surface area contributed by atoms with E-state index in [1.807, 2.05) is 0 Å². The number of halogens is 3. The van der Waals surface area contributed by atoms with Crippen molar-refractivity contribution in [1.29, 1.82) is 0 Å². The summed E-state index contributed by atoms with van der Waals surface area (Å²) in [6.45, 7) is 1.67. The highest BCUT2D eigenvalue weighted by molar-refractivity contribution is 7.89. The van der Waals surface area contributed by atoms with E-state index in [2.05, 4.69) is 0 Å². The predicted molar refractivity (Wildman–Crippen MR) is 73.3 cm³/mol. The molecule has 0 saturated heterocycles. The number of nitrogen functional groups attached to an aromatic ring is 1. The third kappa shape index (κ3) is 3.32. The minimum Gasteiger partial charge on any atom is -0.397 e. The second-order valence-electron chi connectivity index (χ2n) is 5.34. The number of anilines is 1. The molecule has 2 rings (SSSR count). The van der Waals surface area contributed by atoms with E-state index in [1.165, 1.54) is 6.92 Å². The Kier molecular flexibility index (Phi) is 3.96. The van der Waals surface area contributed by atoms with Crippen LogP contribution in [0.15, 0.2) is 17.0 Å². The molecule has 1 aromatic rings. The fraction of sp³-hybridized carbons (Fsp3) is 0.538. The Hall–Kier alpha value is -1.28. The quantitative estimate of drug-likeness (QED) is 0.867. The van der Waals surface area contributed by atoms with E-state index in [0.717, 1.165) is 0 Å². The van der Waals surface area contributed by atoms with E-state index in [1.54, 1.807) is 19.1 Å². The van der Waals surface area contributed by atoms with Gasteiger partial charge in [-0.05, 0) is 37.8 Å². The van der Waals surface area contributed by atoms with Gasteiger partial charge in [-0.15, -0.1) is 0 Å². The van der Waals surface area contributed by atoms with Crippen molar-refractivity contribution in [2.24, 2.45) is 0 Å². The van der Waals surface area contributed by atoms with Crippen molar-refractivity contribution in [2.45, 2.75) is 43.8 Å². The van der Waals surface area contributed by atoms with Gasteiger partial charge in [-0.25, -0.2) is 8.42 Å². The molecular weight excluding hydrogens is 305 g/mol. The molecule has 118 valence electrons. The molecule has 1 saturated carbocycles. The molecule has 2 N–H and O–H groups in total. The molecule has 1 aliphatic carbocycles. The van der Waals surface area contributed by atoms with Crippen LogP contribution in [-0.4, -0.2) is 31.5 Å². The van der Waals surface area contributed by atoms with Gasteiger partial charge in [0.1, 0.15) is 11.4 Å². The van der Waals surface area contributed by atoms with E-state index in [9.17, 15) is 21.6 Å². The Labute approximate surface area is 121 Å². The van der Waals surface area contributed by atoms with E-state index < -0.39 is 28.8 Å². The third-order valence-corrected chi connectivity index (χ3v) is 5.57. The Balaban J connectivity index is 2.52. The molecule has 1 fully saturated rings. The van der Waals surface area contributed by atoms with Crippen molar-refractivity contribution in [2.75, 3.05) is 12.3 Å². The van der Waals surface area contributed by atoms with Crippen LogP contribution >= 0.6 is 0 Å². The number of hydrogen-bond donors (Lipinski definition) is 1. The highest BCUT2D eigenvalue weighted by Gasteiger charge is 2.45. The van der Waals surface area contributed by atoms with Crippen LogP contribution in [0.25, 0.3) is 0 Å². The highest BCUT2D eigenvalue weighted by Crippen LogP contribution is 2.37. The Morgan fingerprint density at radius 3 is 2.24 bits per heavy atom. The minimum atomic E-state index is -4.58. The summed E-state index contributed by atoms with van der Waals surface area (Å²) in [6.07, 6.45) is -3.69. The smallest absolute Gasteiger partial charge is 0.397 e. The number of alkyl halides is 3. The number of nitrogens with zero attached hydrogens (tertiary/aromatic N) is 1. The molecule has 0 aromatic heterocycles.